The number of esters is 1. The van der Waals surface area contributed by atoms with E-state index >= 15 is 0 Å². The number of carbonyl (C=O) groups excluding carboxylic acids is 3. The Balaban J connectivity index is 1.50. The Hall–Kier alpha value is -2.94. The van der Waals surface area contributed by atoms with Crippen LogP contribution in [0.3, 0.4) is 0 Å². The Morgan fingerprint density at radius 3 is 2.66 bits per heavy atom. The Bertz CT molecular complexity index is 880. The smallest absolute Gasteiger partial charge is 0.338 e. The van der Waals surface area contributed by atoms with Crippen LogP contribution in [0.25, 0.3) is 0 Å². The van der Waals surface area contributed by atoms with Gasteiger partial charge in [-0.15, -0.1) is 11.3 Å². The summed E-state index contributed by atoms with van der Waals surface area (Å²) in [5.74, 6) is -0.971. The number of likely N-dealkylation sites (tertiary alicyclic amines) is 1. The molecule has 1 saturated heterocycles. The lowest BCUT2D eigenvalue weighted by molar-refractivity contribution is -0.143. The maximum atomic E-state index is 12.3. The van der Waals surface area contributed by atoms with Gasteiger partial charge in [-0.05, 0) is 50.5 Å². The zero-order valence-electron chi connectivity index (χ0n) is 16.1. The van der Waals surface area contributed by atoms with Crippen molar-refractivity contribution in [1.82, 2.24) is 9.88 Å². The molecular formula is C20H23N3O5S. The number of aromatic nitrogens is 1. The average Bonchev–Trinajstić information content (AvgIpc) is 3.15. The number of nitrogens with zero attached hydrogens (tertiary/aromatic N) is 2. The number of aryl methyl sites for hydroxylation is 1. The van der Waals surface area contributed by atoms with Gasteiger partial charge in [-0.3, -0.25) is 9.59 Å². The molecule has 2 aromatic rings. The minimum absolute atomic E-state index is 0.305. The molecule has 2 heterocycles. The summed E-state index contributed by atoms with van der Waals surface area (Å²) in [5.41, 5.74) is 6.52. The van der Waals surface area contributed by atoms with Crippen molar-refractivity contribution in [3.05, 3.63) is 45.9 Å². The second-order valence-corrected chi connectivity index (χ2v) is 7.81. The van der Waals surface area contributed by atoms with E-state index in [0.717, 1.165) is 23.5 Å². The summed E-state index contributed by atoms with van der Waals surface area (Å²) in [4.78, 5) is 41.8. The lowest BCUT2D eigenvalue weighted by Gasteiger charge is -2.33. The van der Waals surface area contributed by atoms with Crippen LogP contribution >= 0.6 is 11.3 Å². The van der Waals surface area contributed by atoms with E-state index in [1.165, 1.54) is 4.90 Å². The summed E-state index contributed by atoms with van der Waals surface area (Å²) in [5, 5.41) is 2.91. The fourth-order valence-corrected chi connectivity index (χ4v) is 3.74. The van der Waals surface area contributed by atoms with Crippen molar-refractivity contribution in [2.45, 2.75) is 38.8 Å². The molecule has 1 aromatic heterocycles. The van der Waals surface area contributed by atoms with Gasteiger partial charge in [0.25, 0.3) is 5.91 Å². The van der Waals surface area contributed by atoms with Crippen LogP contribution in [0.5, 0.6) is 5.75 Å². The van der Waals surface area contributed by atoms with Crippen LogP contribution in [-0.2, 0) is 20.9 Å². The Kier molecular flexibility index (Phi) is 6.82. The van der Waals surface area contributed by atoms with Crippen molar-refractivity contribution < 1.29 is 23.9 Å². The third kappa shape index (κ3) is 5.54. The first-order valence-electron chi connectivity index (χ1n) is 9.34. The van der Waals surface area contributed by atoms with Crippen LogP contribution in [0.4, 0.5) is 0 Å². The number of hydrogen-bond acceptors (Lipinski definition) is 7. The summed E-state index contributed by atoms with van der Waals surface area (Å²) in [6.45, 7) is 2.29. The van der Waals surface area contributed by atoms with Gasteiger partial charge in [0.1, 0.15) is 18.4 Å². The van der Waals surface area contributed by atoms with E-state index in [1.54, 1.807) is 35.6 Å². The van der Waals surface area contributed by atoms with Crippen LogP contribution in [-0.4, -0.2) is 46.9 Å². The number of amides is 2. The fourth-order valence-electron chi connectivity index (χ4n) is 3.14. The average molecular weight is 417 g/mol. The largest absolute Gasteiger partial charge is 0.487 e. The maximum Gasteiger partial charge on any atom is 0.338 e. The molecule has 0 unspecified atom stereocenters. The molecule has 1 atom stereocenters. The van der Waals surface area contributed by atoms with Crippen LogP contribution in [0, 0.1) is 6.92 Å². The zero-order valence-corrected chi connectivity index (χ0v) is 16.9. The van der Waals surface area contributed by atoms with Gasteiger partial charge in [-0.1, -0.05) is 0 Å². The summed E-state index contributed by atoms with van der Waals surface area (Å²) >= 11 is 1.56. The molecule has 1 fully saturated rings. The van der Waals surface area contributed by atoms with Gasteiger partial charge >= 0.3 is 5.97 Å². The van der Waals surface area contributed by atoms with Gasteiger partial charge in [0, 0.05) is 11.9 Å². The monoisotopic (exact) mass is 417 g/mol. The fraction of sp³-hybridized carbons (Fsp3) is 0.400. The number of carbonyl (C=O) groups is 3. The highest BCUT2D eigenvalue weighted by atomic mass is 32.1. The van der Waals surface area contributed by atoms with Crippen molar-refractivity contribution in [1.29, 1.82) is 0 Å². The van der Waals surface area contributed by atoms with Crippen LogP contribution in [0.1, 0.15) is 40.3 Å². The van der Waals surface area contributed by atoms with Crippen molar-refractivity contribution in [3.63, 3.8) is 0 Å². The number of piperidine rings is 1. The Morgan fingerprint density at radius 2 is 2.00 bits per heavy atom. The summed E-state index contributed by atoms with van der Waals surface area (Å²) in [7, 11) is 0. The van der Waals surface area contributed by atoms with E-state index in [0.29, 0.717) is 30.9 Å². The minimum Gasteiger partial charge on any atom is -0.487 e. The molecule has 1 aliphatic rings. The molecule has 2 N–H and O–H groups in total. The molecule has 9 heteroatoms. The van der Waals surface area contributed by atoms with Gasteiger partial charge in [0.15, 0.2) is 6.61 Å². The van der Waals surface area contributed by atoms with Gasteiger partial charge in [-0.2, -0.15) is 0 Å². The molecule has 29 heavy (non-hydrogen) atoms. The summed E-state index contributed by atoms with van der Waals surface area (Å²) < 4.78 is 10.8. The number of ether oxygens (including phenoxy) is 2. The molecule has 0 radical (unpaired) electrons. The molecule has 0 saturated carbocycles. The lowest BCUT2D eigenvalue weighted by atomic mass is 10.0. The summed E-state index contributed by atoms with van der Waals surface area (Å²) in [6.07, 6.45) is 2.18. The molecule has 0 spiro atoms. The van der Waals surface area contributed by atoms with E-state index in [9.17, 15) is 14.4 Å². The van der Waals surface area contributed by atoms with E-state index in [2.05, 4.69) is 4.98 Å². The molecule has 8 nitrogen and oxygen atoms in total. The van der Waals surface area contributed by atoms with E-state index in [-0.39, 0.29) is 0 Å². The van der Waals surface area contributed by atoms with E-state index in [1.807, 2.05) is 12.3 Å². The maximum absolute atomic E-state index is 12.3. The molecule has 1 aliphatic heterocycles. The highest BCUT2D eigenvalue weighted by molar-refractivity contribution is 7.09. The lowest BCUT2D eigenvalue weighted by Crippen LogP contribution is -2.51. The number of rotatable bonds is 7. The number of nitrogens with two attached hydrogens (primary N) is 1. The number of hydrogen-bond donors (Lipinski definition) is 1. The van der Waals surface area contributed by atoms with Crippen molar-refractivity contribution in [3.8, 4) is 5.75 Å². The van der Waals surface area contributed by atoms with Crippen LogP contribution in [0.2, 0.25) is 0 Å². The molecule has 3 rings (SSSR count). The van der Waals surface area contributed by atoms with E-state index < -0.39 is 30.4 Å². The summed E-state index contributed by atoms with van der Waals surface area (Å²) in [6, 6.07) is 5.83. The molecule has 1 aromatic carbocycles. The number of thiazole rings is 1. The first-order chi connectivity index (χ1) is 13.9. The standard InChI is InChI=1S/C20H23N3O5S/c1-13-22-15(12-29-13)10-27-16-7-5-14(6-8-16)20(26)28-11-18(24)23-9-3-2-4-17(23)19(21)25/h5-8,12,17H,2-4,9-11H2,1H3,(H2,21,25)/t17-/m0/s1. The van der Waals surface area contributed by atoms with Crippen molar-refractivity contribution >= 4 is 29.1 Å². The third-order valence-electron chi connectivity index (χ3n) is 4.62. The normalized spacial score (nSPS) is 16.3. The second kappa shape index (κ2) is 9.51. The van der Waals surface area contributed by atoms with E-state index in [4.69, 9.17) is 15.2 Å². The van der Waals surface area contributed by atoms with Gasteiger partial charge < -0.3 is 20.1 Å². The first kappa shape index (κ1) is 20.8. The predicted molar refractivity (Wildman–Crippen MR) is 106 cm³/mol. The van der Waals surface area contributed by atoms with Crippen LogP contribution in [0.15, 0.2) is 29.6 Å². The van der Waals surface area contributed by atoms with Gasteiger partial charge in [0.05, 0.1) is 16.3 Å². The molecular weight excluding hydrogens is 394 g/mol. The first-order valence-corrected chi connectivity index (χ1v) is 10.2. The topological polar surface area (TPSA) is 112 Å². The Morgan fingerprint density at radius 1 is 1.24 bits per heavy atom. The zero-order chi connectivity index (χ0) is 20.8. The Labute approximate surface area is 172 Å². The van der Waals surface area contributed by atoms with Crippen molar-refractivity contribution in [2.75, 3.05) is 13.2 Å². The number of primary amides is 1. The number of benzene rings is 1. The van der Waals surface area contributed by atoms with Crippen LogP contribution < -0.4 is 10.5 Å². The minimum atomic E-state index is -0.632. The molecule has 0 bridgehead atoms. The second-order valence-electron chi connectivity index (χ2n) is 6.75. The highest BCUT2D eigenvalue weighted by Gasteiger charge is 2.31. The van der Waals surface area contributed by atoms with Crippen molar-refractivity contribution in [2.24, 2.45) is 5.73 Å². The third-order valence-corrected chi connectivity index (χ3v) is 5.44. The SMILES string of the molecule is Cc1nc(COc2ccc(C(=O)OCC(=O)N3CCCC[C@H]3C(N)=O)cc2)cs1. The quantitative estimate of drug-likeness (QED) is 0.690. The predicted octanol–water partition coefficient (Wildman–Crippen LogP) is 2.05. The van der Waals surface area contributed by atoms with Gasteiger partial charge in [0.2, 0.25) is 5.91 Å². The van der Waals surface area contributed by atoms with Gasteiger partial charge in [-0.25, -0.2) is 9.78 Å². The highest BCUT2D eigenvalue weighted by Crippen LogP contribution is 2.18. The molecule has 154 valence electrons. The molecule has 0 aliphatic carbocycles. The molecule has 2 amide bonds.